The molecule has 0 aromatic heterocycles. The topological polar surface area (TPSA) is 66.8 Å². The fourth-order valence-electron chi connectivity index (χ4n) is 1.75. The summed E-state index contributed by atoms with van der Waals surface area (Å²) in [7, 11) is 0. The average Bonchev–Trinajstić information content (AvgIpc) is 2.41. The highest BCUT2D eigenvalue weighted by molar-refractivity contribution is 5.76. The van der Waals surface area contributed by atoms with Gasteiger partial charge in [-0.3, -0.25) is 4.79 Å². The van der Waals surface area contributed by atoms with Crippen LogP contribution in [0.25, 0.3) is 0 Å². The number of carbonyl (C=O) groups is 1. The number of aromatic hydroxyl groups is 1. The van der Waals surface area contributed by atoms with E-state index in [0.29, 0.717) is 5.56 Å². The second-order valence-corrected chi connectivity index (χ2v) is 4.25. The van der Waals surface area contributed by atoms with Crippen LogP contribution in [-0.2, 0) is 4.79 Å². The molecule has 2 rings (SSSR count). The minimum Gasteiger partial charge on any atom is -0.508 e. The van der Waals surface area contributed by atoms with Crippen LogP contribution >= 0.6 is 0 Å². The van der Waals surface area contributed by atoms with Gasteiger partial charge in [-0.25, -0.2) is 4.39 Å². The van der Waals surface area contributed by atoms with Crippen LogP contribution in [0, 0.1) is 5.82 Å². The van der Waals surface area contributed by atoms with Gasteiger partial charge in [-0.2, -0.15) is 0 Å². The van der Waals surface area contributed by atoms with Crippen molar-refractivity contribution in [3.8, 4) is 11.5 Å². The summed E-state index contributed by atoms with van der Waals surface area (Å²) in [6, 6.07) is 11.4. The molecule has 0 aliphatic carbocycles. The quantitative estimate of drug-likeness (QED) is 0.881. The Labute approximate surface area is 115 Å². The molecule has 2 aromatic rings. The zero-order valence-corrected chi connectivity index (χ0v) is 10.5. The first-order chi connectivity index (χ1) is 9.56. The molecule has 104 valence electrons. The van der Waals surface area contributed by atoms with E-state index in [1.165, 1.54) is 42.5 Å². The molecule has 0 aliphatic heterocycles. The van der Waals surface area contributed by atoms with Gasteiger partial charge < -0.3 is 14.9 Å². The van der Waals surface area contributed by atoms with Crippen LogP contribution < -0.4 is 4.74 Å². The molecular formula is C15H13FO4. The summed E-state index contributed by atoms with van der Waals surface area (Å²) in [6.45, 7) is -0.121. The molecule has 2 aromatic carbocycles. The van der Waals surface area contributed by atoms with Crippen LogP contribution in [0.5, 0.6) is 11.5 Å². The van der Waals surface area contributed by atoms with E-state index in [1.807, 2.05) is 0 Å². The largest absolute Gasteiger partial charge is 0.508 e. The Bertz CT molecular complexity index is 595. The number of benzene rings is 2. The minimum absolute atomic E-state index is 0.0592. The SMILES string of the molecule is O=C(O)C(COc1cccc(F)c1)c1ccc(O)cc1. The van der Waals surface area contributed by atoms with Gasteiger partial charge in [0.15, 0.2) is 0 Å². The van der Waals surface area contributed by atoms with E-state index >= 15 is 0 Å². The highest BCUT2D eigenvalue weighted by Gasteiger charge is 2.20. The fraction of sp³-hybridized carbons (Fsp3) is 0.133. The molecule has 0 fully saturated rings. The number of ether oxygens (including phenoxy) is 1. The molecule has 0 saturated heterocycles. The van der Waals surface area contributed by atoms with Crippen LogP contribution in [0.3, 0.4) is 0 Å². The van der Waals surface area contributed by atoms with Crippen molar-refractivity contribution in [2.24, 2.45) is 0 Å². The summed E-state index contributed by atoms with van der Waals surface area (Å²) >= 11 is 0. The van der Waals surface area contributed by atoms with E-state index in [2.05, 4.69) is 0 Å². The van der Waals surface area contributed by atoms with Gasteiger partial charge >= 0.3 is 5.97 Å². The van der Waals surface area contributed by atoms with Gasteiger partial charge in [-0.1, -0.05) is 18.2 Å². The lowest BCUT2D eigenvalue weighted by molar-refractivity contribution is -0.139. The van der Waals surface area contributed by atoms with Gasteiger partial charge in [0, 0.05) is 6.07 Å². The zero-order chi connectivity index (χ0) is 14.5. The van der Waals surface area contributed by atoms with Gasteiger partial charge in [-0.05, 0) is 29.8 Å². The standard InChI is InChI=1S/C15H13FO4/c16-11-2-1-3-13(8-11)20-9-14(15(18)19)10-4-6-12(17)7-5-10/h1-8,14,17H,9H2,(H,18,19). The van der Waals surface area contributed by atoms with Crippen LogP contribution in [0.1, 0.15) is 11.5 Å². The van der Waals surface area contributed by atoms with Crippen LogP contribution in [0.15, 0.2) is 48.5 Å². The molecule has 4 nitrogen and oxygen atoms in total. The number of carboxylic acids is 1. The Kier molecular flexibility index (Phi) is 4.20. The fourth-order valence-corrected chi connectivity index (χ4v) is 1.75. The van der Waals surface area contributed by atoms with Crippen LogP contribution in [0.2, 0.25) is 0 Å². The number of phenolic OH excluding ortho intramolecular Hbond substituents is 1. The molecule has 0 saturated carbocycles. The summed E-state index contributed by atoms with van der Waals surface area (Å²) in [5.41, 5.74) is 0.506. The third-order valence-electron chi connectivity index (χ3n) is 2.81. The molecule has 0 aliphatic rings. The van der Waals surface area contributed by atoms with Crippen molar-refractivity contribution in [1.29, 1.82) is 0 Å². The maximum absolute atomic E-state index is 13.0. The van der Waals surface area contributed by atoms with Gasteiger partial charge in [0.25, 0.3) is 0 Å². The van der Waals surface area contributed by atoms with Crippen LogP contribution in [-0.4, -0.2) is 22.8 Å². The minimum atomic E-state index is -1.05. The number of carboxylic acid groups (broad SMARTS) is 1. The summed E-state index contributed by atoms with van der Waals surface area (Å²) in [5.74, 6) is -2.05. The maximum Gasteiger partial charge on any atom is 0.314 e. The third kappa shape index (κ3) is 3.47. The van der Waals surface area contributed by atoms with E-state index in [1.54, 1.807) is 6.07 Å². The van der Waals surface area contributed by atoms with E-state index in [-0.39, 0.29) is 18.1 Å². The number of halogens is 1. The van der Waals surface area contributed by atoms with Crippen molar-refractivity contribution < 1.29 is 24.1 Å². The normalized spacial score (nSPS) is 11.8. The van der Waals surface area contributed by atoms with Crippen molar-refractivity contribution in [1.82, 2.24) is 0 Å². The zero-order valence-electron chi connectivity index (χ0n) is 10.5. The lowest BCUT2D eigenvalue weighted by atomic mass is 10.0. The number of phenols is 1. The van der Waals surface area contributed by atoms with Gasteiger partial charge in [0.2, 0.25) is 0 Å². The molecular weight excluding hydrogens is 263 g/mol. The first kappa shape index (κ1) is 13.9. The van der Waals surface area contributed by atoms with E-state index in [9.17, 15) is 19.4 Å². The van der Waals surface area contributed by atoms with E-state index in [4.69, 9.17) is 4.74 Å². The second kappa shape index (κ2) is 6.06. The van der Waals surface area contributed by atoms with E-state index in [0.717, 1.165) is 0 Å². The van der Waals surface area contributed by atoms with E-state index < -0.39 is 17.7 Å². The Morgan fingerprint density at radius 1 is 1.20 bits per heavy atom. The predicted octanol–water partition coefficient (Wildman–Crippen LogP) is 2.78. The van der Waals surface area contributed by atoms with Crippen LogP contribution in [0.4, 0.5) is 4.39 Å². The third-order valence-corrected chi connectivity index (χ3v) is 2.81. The summed E-state index contributed by atoms with van der Waals surface area (Å²) in [5, 5.41) is 18.4. The molecule has 20 heavy (non-hydrogen) atoms. The monoisotopic (exact) mass is 276 g/mol. The highest BCUT2D eigenvalue weighted by atomic mass is 19.1. The van der Waals surface area contributed by atoms with Crippen molar-refractivity contribution >= 4 is 5.97 Å². The lowest BCUT2D eigenvalue weighted by Gasteiger charge is -2.14. The van der Waals surface area contributed by atoms with Crippen molar-refractivity contribution in [2.75, 3.05) is 6.61 Å². The van der Waals surface area contributed by atoms with Gasteiger partial charge in [0.1, 0.15) is 29.8 Å². The number of aliphatic carboxylic acids is 1. The predicted molar refractivity (Wildman–Crippen MR) is 70.4 cm³/mol. The molecule has 2 N–H and O–H groups in total. The number of hydrogen-bond acceptors (Lipinski definition) is 3. The Morgan fingerprint density at radius 2 is 1.90 bits per heavy atom. The number of hydrogen-bond donors (Lipinski definition) is 2. The van der Waals surface area contributed by atoms with Gasteiger partial charge in [-0.15, -0.1) is 0 Å². The molecule has 0 spiro atoms. The van der Waals surface area contributed by atoms with Crippen molar-refractivity contribution in [3.05, 3.63) is 59.9 Å². The van der Waals surface area contributed by atoms with Crippen molar-refractivity contribution in [2.45, 2.75) is 5.92 Å². The molecule has 0 bridgehead atoms. The Hall–Kier alpha value is -2.56. The van der Waals surface area contributed by atoms with Crippen molar-refractivity contribution in [3.63, 3.8) is 0 Å². The maximum atomic E-state index is 13.0. The molecule has 5 heteroatoms. The Morgan fingerprint density at radius 3 is 2.50 bits per heavy atom. The first-order valence-electron chi connectivity index (χ1n) is 5.96. The smallest absolute Gasteiger partial charge is 0.314 e. The first-order valence-corrected chi connectivity index (χ1v) is 5.96. The van der Waals surface area contributed by atoms with Gasteiger partial charge in [0.05, 0.1) is 0 Å². The molecule has 0 heterocycles. The highest BCUT2D eigenvalue weighted by Crippen LogP contribution is 2.21. The average molecular weight is 276 g/mol. The Balaban J connectivity index is 2.10. The molecule has 0 radical (unpaired) electrons. The number of rotatable bonds is 5. The molecule has 1 atom stereocenters. The second-order valence-electron chi connectivity index (χ2n) is 4.25. The summed E-state index contributed by atoms with van der Waals surface area (Å²) in [4.78, 5) is 11.3. The summed E-state index contributed by atoms with van der Waals surface area (Å²) < 4.78 is 18.3. The molecule has 1 unspecified atom stereocenters. The summed E-state index contributed by atoms with van der Waals surface area (Å²) in [6.07, 6.45) is 0. The lowest BCUT2D eigenvalue weighted by Crippen LogP contribution is -2.19. The molecule has 0 amide bonds.